The van der Waals surface area contributed by atoms with E-state index in [0.29, 0.717) is 0 Å². The Labute approximate surface area is 88.3 Å². The molecule has 0 aromatic carbocycles. The minimum Gasteiger partial charge on any atom is -0.306 e. The average Bonchev–Trinajstić information content (AvgIpc) is 2.77. The zero-order valence-electron chi connectivity index (χ0n) is 9.16. The Morgan fingerprint density at radius 2 is 2.15 bits per heavy atom. The first-order chi connectivity index (χ1) is 6.17. The summed E-state index contributed by atoms with van der Waals surface area (Å²) in [6, 6.07) is 0. The summed E-state index contributed by atoms with van der Waals surface area (Å²) in [5.74, 6) is 3.78. The van der Waals surface area contributed by atoms with Crippen molar-refractivity contribution in [3.63, 3.8) is 0 Å². The molecule has 1 fully saturated rings. The molecule has 0 saturated heterocycles. The van der Waals surface area contributed by atoms with Gasteiger partial charge in [0.2, 0.25) is 0 Å². The first kappa shape index (κ1) is 11.4. The largest absolute Gasteiger partial charge is 0.306 e. The fraction of sp³-hybridized carbons (Fsp3) is 1.00. The Bertz CT molecular complexity index is 145. The van der Waals surface area contributed by atoms with Crippen LogP contribution in [0, 0.1) is 17.8 Å². The maximum atomic E-state index is 4.37. The maximum absolute atomic E-state index is 4.37. The van der Waals surface area contributed by atoms with Crippen LogP contribution in [0.3, 0.4) is 0 Å². The van der Waals surface area contributed by atoms with Gasteiger partial charge in [-0.25, -0.2) is 0 Å². The van der Waals surface area contributed by atoms with Crippen molar-refractivity contribution in [1.82, 2.24) is 4.90 Å². The maximum Gasteiger partial charge on any atom is 0.00144 e. The highest BCUT2D eigenvalue weighted by Crippen LogP contribution is 2.38. The molecule has 0 aliphatic heterocycles. The molecule has 0 aromatic heterocycles. The van der Waals surface area contributed by atoms with Gasteiger partial charge in [0, 0.05) is 13.1 Å². The molecule has 1 nitrogen and oxygen atoms in total. The van der Waals surface area contributed by atoms with Crippen LogP contribution in [0.25, 0.3) is 0 Å². The number of thiol groups is 1. The van der Waals surface area contributed by atoms with E-state index < -0.39 is 0 Å². The van der Waals surface area contributed by atoms with Crippen molar-refractivity contribution >= 4 is 12.6 Å². The van der Waals surface area contributed by atoms with Crippen molar-refractivity contribution in [2.24, 2.45) is 17.8 Å². The van der Waals surface area contributed by atoms with Crippen molar-refractivity contribution in [3.8, 4) is 0 Å². The van der Waals surface area contributed by atoms with Crippen molar-refractivity contribution in [3.05, 3.63) is 0 Å². The third-order valence-electron chi connectivity index (χ3n) is 3.23. The van der Waals surface area contributed by atoms with Crippen molar-refractivity contribution in [2.45, 2.75) is 26.7 Å². The summed E-state index contributed by atoms with van der Waals surface area (Å²) in [5, 5.41) is 0. The summed E-state index contributed by atoms with van der Waals surface area (Å²) >= 11 is 4.37. The minimum absolute atomic E-state index is 0.780. The highest BCUT2D eigenvalue weighted by molar-refractivity contribution is 7.80. The molecule has 1 aliphatic carbocycles. The second kappa shape index (κ2) is 5.26. The zero-order valence-corrected chi connectivity index (χ0v) is 10.1. The van der Waals surface area contributed by atoms with E-state index in [1.807, 2.05) is 0 Å². The SMILES string of the molecule is CCC(CS)CN(C)CC1CC1C. The monoisotopic (exact) mass is 201 g/mol. The van der Waals surface area contributed by atoms with Crippen LogP contribution in [0.5, 0.6) is 0 Å². The lowest BCUT2D eigenvalue weighted by Gasteiger charge is -2.21. The van der Waals surface area contributed by atoms with Gasteiger partial charge in [-0.15, -0.1) is 0 Å². The van der Waals surface area contributed by atoms with E-state index in [0.717, 1.165) is 23.5 Å². The molecule has 0 aromatic rings. The second-order valence-corrected chi connectivity index (χ2v) is 5.02. The molecular weight excluding hydrogens is 178 g/mol. The van der Waals surface area contributed by atoms with Crippen LogP contribution < -0.4 is 0 Å². The first-order valence-corrected chi connectivity index (χ1v) is 6.10. The number of hydrogen-bond donors (Lipinski definition) is 1. The predicted octanol–water partition coefficient (Wildman–Crippen LogP) is 2.53. The van der Waals surface area contributed by atoms with Crippen LogP contribution in [0.2, 0.25) is 0 Å². The van der Waals surface area contributed by atoms with E-state index in [1.165, 1.54) is 25.9 Å². The van der Waals surface area contributed by atoms with E-state index in [1.54, 1.807) is 0 Å². The number of nitrogens with zero attached hydrogens (tertiary/aromatic N) is 1. The number of rotatable bonds is 6. The quantitative estimate of drug-likeness (QED) is 0.646. The highest BCUT2D eigenvalue weighted by Gasteiger charge is 2.33. The molecule has 0 spiro atoms. The van der Waals surface area contributed by atoms with Crippen molar-refractivity contribution in [1.29, 1.82) is 0 Å². The van der Waals surface area contributed by atoms with Crippen LogP contribution in [0.4, 0.5) is 0 Å². The predicted molar refractivity (Wildman–Crippen MR) is 62.4 cm³/mol. The fourth-order valence-corrected chi connectivity index (χ4v) is 2.26. The molecule has 3 atom stereocenters. The van der Waals surface area contributed by atoms with E-state index in [9.17, 15) is 0 Å². The van der Waals surface area contributed by atoms with E-state index in [-0.39, 0.29) is 0 Å². The second-order valence-electron chi connectivity index (χ2n) is 4.65. The summed E-state index contributed by atoms with van der Waals surface area (Å²) in [4.78, 5) is 2.48. The minimum atomic E-state index is 0.780. The molecule has 0 heterocycles. The van der Waals surface area contributed by atoms with Crippen molar-refractivity contribution < 1.29 is 0 Å². The molecule has 1 saturated carbocycles. The van der Waals surface area contributed by atoms with Crippen LogP contribution in [-0.2, 0) is 0 Å². The van der Waals surface area contributed by atoms with Gasteiger partial charge in [0.1, 0.15) is 0 Å². The molecule has 0 N–H and O–H groups in total. The van der Waals surface area contributed by atoms with Gasteiger partial charge in [-0.1, -0.05) is 20.3 Å². The summed E-state index contributed by atoms with van der Waals surface area (Å²) < 4.78 is 0. The molecule has 78 valence electrons. The van der Waals surface area contributed by atoms with Gasteiger partial charge in [-0.2, -0.15) is 12.6 Å². The van der Waals surface area contributed by atoms with E-state index >= 15 is 0 Å². The Morgan fingerprint density at radius 3 is 2.54 bits per heavy atom. The Hall–Kier alpha value is 0.310. The summed E-state index contributed by atoms with van der Waals surface area (Å²) in [6.07, 6.45) is 2.70. The smallest absolute Gasteiger partial charge is 0.00144 e. The first-order valence-electron chi connectivity index (χ1n) is 5.46. The Kier molecular flexibility index (Phi) is 4.60. The van der Waals surface area contributed by atoms with Crippen LogP contribution >= 0.6 is 12.6 Å². The van der Waals surface area contributed by atoms with Gasteiger partial charge in [-0.05, 0) is 37.0 Å². The lowest BCUT2D eigenvalue weighted by atomic mass is 10.1. The van der Waals surface area contributed by atoms with Gasteiger partial charge in [-0.3, -0.25) is 0 Å². The van der Waals surface area contributed by atoms with Gasteiger partial charge in [0.05, 0.1) is 0 Å². The lowest BCUT2D eigenvalue weighted by Crippen LogP contribution is -2.28. The normalized spacial score (nSPS) is 29.3. The van der Waals surface area contributed by atoms with E-state index in [2.05, 4.69) is 38.4 Å². The zero-order chi connectivity index (χ0) is 9.84. The molecule has 1 aliphatic rings. The Balaban J connectivity index is 2.12. The lowest BCUT2D eigenvalue weighted by molar-refractivity contribution is 0.271. The van der Waals surface area contributed by atoms with Gasteiger partial charge in [0.15, 0.2) is 0 Å². The van der Waals surface area contributed by atoms with Crippen molar-refractivity contribution in [2.75, 3.05) is 25.9 Å². The Morgan fingerprint density at radius 1 is 1.54 bits per heavy atom. The molecule has 2 heteroatoms. The third-order valence-corrected chi connectivity index (χ3v) is 3.74. The molecule has 0 amide bonds. The van der Waals surface area contributed by atoms with Gasteiger partial charge in [0.25, 0.3) is 0 Å². The van der Waals surface area contributed by atoms with Gasteiger partial charge >= 0.3 is 0 Å². The van der Waals surface area contributed by atoms with Crippen LogP contribution in [0.1, 0.15) is 26.7 Å². The fourth-order valence-electron chi connectivity index (χ4n) is 1.89. The molecule has 1 rings (SSSR count). The standard InChI is InChI=1S/C11H23NS/c1-4-10(8-13)6-12(3)7-11-5-9(11)2/h9-11,13H,4-8H2,1-3H3. The average molecular weight is 201 g/mol. The highest BCUT2D eigenvalue weighted by atomic mass is 32.1. The van der Waals surface area contributed by atoms with Crippen LogP contribution in [-0.4, -0.2) is 30.8 Å². The summed E-state index contributed by atoms with van der Waals surface area (Å²) in [6.45, 7) is 7.14. The molecule has 0 radical (unpaired) electrons. The molecule has 3 unspecified atom stereocenters. The number of hydrogen-bond acceptors (Lipinski definition) is 2. The topological polar surface area (TPSA) is 3.24 Å². The molecule has 0 bridgehead atoms. The van der Waals surface area contributed by atoms with E-state index in [4.69, 9.17) is 0 Å². The summed E-state index contributed by atoms with van der Waals surface area (Å²) in [7, 11) is 2.25. The van der Waals surface area contributed by atoms with Gasteiger partial charge < -0.3 is 4.90 Å². The summed E-state index contributed by atoms with van der Waals surface area (Å²) in [5.41, 5.74) is 0. The molecule has 13 heavy (non-hydrogen) atoms. The molecular formula is C11H23NS. The van der Waals surface area contributed by atoms with Crippen LogP contribution in [0.15, 0.2) is 0 Å². The third kappa shape index (κ3) is 3.90.